The van der Waals surface area contributed by atoms with E-state index in [2.05, 4.69) is 9.88 Å². The number of pyridine rings is 1. The number of piperidine rings is 1. The topological polar surface area (TPSA) is 60.4 Å². The van der Waals surface area contributed by atoms with Crippen LogP contribution in [-0.4, -0.2) is 47.0 Å². The molecule has 35 heavy (non-hydrogen) atoms. The smallest absolute Gasteiger partial charge is 0.171 e. The zero-order chi connectivity index (χ0) is 23.7. The summed E-state index contributed by atoms with van der Waals surface area (Å²) in [6.07, 6.45) is 5.19. The SMILES string of the molecule is Fc1ccc(-c2cncc(-c3cc(N4CCC5(CC4)OCCO5)nc(-c4ccccc4)n3)c2)cc1. The van der Waals surface area contributed by atoms with Crippen molar-refractivity contribution >= 4 is 5.82 Å². The monoisotopic (exact) mass is 468 g/mol. The highest BCUT2D eigenvalue weighted by Gasteiger charge is 2.40. The summed E-state index contributed by atoms with van der Waals surface area (Å²) < 4.78 is 25.2. The third-order valence-corrected chi connectivity index (χ3v) is 6.62. The molecule has 7 heteroatoms. The van der Waals surface area contributed by atoms with Gasteiger partial charge in [0, 0.05) is 61.1 Å². The first kappa shape index (κ1) is 21.8. The second-order valence-corrected chi connectivity index (χ2v) is 8.86. The largest absolute Gasteiger partial charge is 0.356 e. The second-order valence-electron chi connectivity index (χ2n) is 8.86. The summed E-state index contributed by atoms with van der Waals surface area (Å²) in [7, 11) is 0. The predicted molar refractivity (Wildman–Crippen MR) is 132 cm³/mol. The highest BCUT2D eigenvalue weighted by molar-refractivity contribution is 5.73. The quantitative estimate of drug-likeness (QED) is 0.402. The predicted octanol–water partition coefficient (Wildman–Crippen LogP) is 5.36. The summed E-state index contributed by atoms with van der Waals surface area (Å²) in [5.41, 5.74) is 4.42. The van der Waals surface area contributed by atoms with Crippen LogP contribution in [-0.2, 0) is 9.47 Å². The van der Waals surface area contributed by atoms with E-state index in [9.17, 15) is 4.39 Å². The van der Waals surface area contributed by atoms with Crippen LogP contribution in [0.1, 0.15) is 12.8 Å². The molecule has 2 fully saturated rings. The van der Waals surface area contributed by atoms with E-state index in [4.69, 9.17) is 19.4 Å². The Balaban J connectivity index is 1.38. The Bertz CT molecular complexity index is 1310. The third-order valence-electron chi connectivity index (χ3n) is 6.62. The lowest BCUT2D eigenvalue weighted by Crippen LogP contribution is -2.45. The average molecular weight is 469 g/mol. The number of hydrogen-bond donors (Lipinski definition) is 0. The summed E-state index contributed by atoms with van der Waals surface area (Å²) >= 11 is 0. The van der Waals surface area contributed by atoms with Crippen molar-refractivity contribution in [2.75, 3.05) is 31.2 Å². The van der Waals surface area contributed by atoms with Gasteiger partial charge in [-0.25, -0.2) is 14.4 Å². The van der Waals surface area contributed by atoms with E-state index in [0.717, 1.165) is 59.7 Å². The minimum atomic E-state index is -0.442. The molecule has 2 aromatic carbocycles. The van der Waals surface area contributed by atoms with E-state index >= 15 is 0 Å². The van der Waals surface area contributed by atoms with Crippen LogP contribution < -0.4 is 4.90 Å². The summed E-state index contributed by atoms with van der Waals surface area (Å²) in [5, 5.41) is 0. The van der Waals surface area contributed by atoms with E-state index in [1.54, 1.807) is 24.5 Å². The number of anilines is 1. The Kier molecular flexibility index (Phi) is 5.72. The Labute approximate surface area is 203 Å². The van der Waals surface area contributed by atoms with Gasteiger partial charge in [-0.15, -0.1) is 0 Å². The van der Waals surface area contributed by atoms with Crippen molar-refractivity contribution in [1.29, 1.82) is 0 Å². The summed E-state index contributed by atoms with van der Waals surface area (Å²) in [6.45, 7) is 2.90. The molecule has 0 amide bonds. The molecule has 0 radical (unpaired) electrons. The zero-order valence-electron chi connectivity index (χ0n) is 19.2. The van der Waals surface area contributed by atoms with Gasteiger partial charge in [-0.2, -0.15) is 0 Å². The first-order valence-corrected chi connectivity index (χ1v) is 11.9. The first-order valence-electron chi connectivity index (χ1n) is 11.9. The fraction of sp³-hybridized carbons (Fsp3) is 0.250. The van der Waals surface area contributed by atoms with Crippen molar-refractivity contribution in [2.45, 2.75) is 18.6 Å². The van der Waals surface area contributed by atoms with Crippen molar-refractivity contribution in [1.82, 2.24) is 15.0 Å². The third kappa shape index (κ3) is 4.52. The Morgan fingerprint density at radius 3 is 2.20 bits per heavy atom. The molecule has 0 N–H and O–H groups in total. The molecule has 1 spiro atoms. The fourth-order valence-electron chi connectivity index (χ4n) is 4.70. The minimum Gasteiger partial charge on any atom is -0.356 e. The molecule has 0 bridgehead atoms. The molecule has 0 saturated carbocycles. The molecule has 0 atom stereocenters. The Morgan fingerprint density at radius 1 is 0.743 bits per heavy atom. The number of rotatable bonds is 4. The van der Waals surface area contributed by atoms with Crippen molar-refractivity contribution < 1.29 is 13.9 Å². The average Bonchev–Trinajstić information content (AvgIpc) is 3.37. The molecule has 2 aromatic heterocycles. The maximum absolute atomic E-state index is 13.4. The fourth-order valence-corrected chi connectivity index (χ4v) is 4.70. The van der Waals surface area contributed by atoms with Crippen molar-refractivity contribution in [3.05, 3.63) is 84.9 Å². The van der Waals surface area contributed by atoms with Crippen LogP contribution in [0.15, 0.2) is 79.1 Å². The number of benzene rings is 2. The van der Waals surface area contributed by atoms with Gasteiger partial charge in [-0.1, -0.05) is 42.5 Å². The summed E-state index contributed by atoms with van der Waals surface area (Å²) in [5.74, 6) is 0.831. The van der Waals surface area contributed by atoms with Gasteiger partial charge in [0.05, 0.1) is 18.9 Å². The van der Waals surface area contributed by atoms with Gasteiger partial charge in [0.15, 0.2) is 11.6 Å². The summed E-state index contributed by atoms with van der Waals surface area (Å²) in [4.78, 5) is 16.6. The van der Waals surface area contributed by atoms with Gasteiger partial charge >= 0.3 is 0 Å². The Hall–Kier alpha value is -3.68. The Morgan fingerprint density at radius 2 is 1.46 bits per heavy atom. The van der Waals surface area contributed by atoms with Crippen LogP contribution in [0.25, 0.3) is 33.8 Å². The van der Waals surface area contributed by atoms with E-state index in [0.29, 0.717) is 19.0 Å². The summed E-state index contributed by atoms with van der Waals surface area (Å²) in [6, 6.07) is 20.5. The van der Waals surface area contributed by atoms with Gasteiger partial charge < -0.3 is 14.4 Å². The highest BCUT2D eigenvalue weighted by atomic mass is 19.1. The maximum Gasteiger partial charge on any atom is 0.171 e. The molecule has 4 heterocycles. The molecule has 2 aliphatic heterocycles. The zero-order valence-corrected chi connectivity index (χ0v) is 19.2. The number of ether oxygens (including phenoxy) is 2. The number of aromatic nitrogens is 3. The standard InChI is InChI=1S/C28H25FN4O2/c29-24-8-6-20(7-9-24)22-16-23(19-30-18-22)25-17-26(32-27(31-25)21-4-2-1-3-5-21)33-12-10-28(11-13-33)34-14-15-35-28/h1-9,16-19H,10-15H2. The van der Waals surface area contributed by atoms with Crippen molar-refractivity contribution in [3.8, 4) is 33.8 Å². The number of nitrogens with zero attached hydrogens (tertiary/aromatic N) is 4. The molecule has 2 saturated heterocycles. The minimum absolute atomic E-state index is 0.262. The lowest BCUT2D eigenvalue weighted by atomic mass is 10.0. The van der Waals surface area contributed by atoms with Gasteiger partial charge in [0.1, 0.15) is 11.6 Å². The highest BCUT2D eigenvalue weighted by Crippen LogP contribution is 2.34. The lowest BCUT2D eigenvalue weighted by molar-refractivity contribution is -0.169. The molecular weight excluding hydrogens is 443 g/mol. The van der Waals surface area contributed by atoms with Crippen LogP contribution in [0.5, 0.6) is 0 Å². The van der Waals surface area contributed by atoms with Crippen LogP contribution in [0.4, 0.5) is 10.2 Å². The molecule has 0 aliphatic carbocycles. The molecular formula is C28H25FN4O2. The van der Waals surface area contributed by atoms with Crippen molar-refractivity contribution in [2.24, 2.45) is 0 Å². The molecule has 6 rings (SSSR count). The number of hydrogen-bond acceptors (Lipinski definition) is 6. The van der Waals surface area contributed by atoms with Crippen LogP contribution >= 0.6 is 0 Å². The molecule has 0 unspecified atom stereocenters. The maximum atomic E-state index is 13.4. The van der Waals surface area contributed by atoms with Crippen molar-refractivity contribution in [3.63, 3.8) is 0 Å². The van der Waals surface area contributed by atoms with Gasteiger partial charge in [-0.05, 0) is 23.8 Å². The lowest BCUT2D eigenvalue weighted by Gasteiger charge is -2.38. The van der Waals surface area contributed by atoms with E-state index in [1.165, 1.54) is 12.1 Å². The van der Waals surface area contributed by atoms with E-state index < -0.39 is 5.79 Å². The molecule has 2 aliphatic rings. The van der Waals surface area contributed by atoms with Crippen LogP contribution in [0, 0.1) is 5.82 Å². The second kappa shape index (κ2) is 9.17. The molecule has 176 valence electrons. The van der Waals surface area contributed by atoms with E-state index in [-0.39, 0.29) is 5.82 Å². The van der Waals surface area contributed by atoms with E-state index in [1.807, 2.05) is 42.5 Å². The van der Waals surface area contributed by atoms with Crippen LogP contribution in [0.2, 0.25) is 0 Å². The molecule has 6 nitrogen and oxygen atoms in total. The van der Waals surface area contributed by atoms with Gasteiger partial charge in [0.2, 0.25) is 0 Å². The number of halogens is 1. The molecule has 4 aromatic rings. The van der Waals surface area contributed by atoms with Gasteiger partial charge in [0.25, 0.3) is 0 Å². The first-order chi connectivity index (χ1) is 17.2. The van der Waals surface area contributed by atoms with Gasteiger partial charge in [-0.3, -0.25) is 4.98 Å². The normalized spacial score (nSPS) is 17.1. The van der Waals surface area contributed by atoms with Crippen LogP contribution in [0.3, 0.4) is 0 Å².